The molecule has 1 aromatic carbocycles. The van der Waals surface area contributed by atoms with Crippen LogP contribution in [0.15, 0.2) is 43.8 Å². The van der Waals surface area contributed by atoms with Gasteiger partial charge < -0.3 is 9.47 Å². The van der Waals surface area contributed by atoms with Crippen molar-refractivity contribution in [2.24, 2.45) is 0 Å². The van der Waals surface area contributed by atoms with E-state index < -0.39 is 0 Å². The fourth-order valence-electron chi connectivity index (χ4n) is 2.76. The Bertz CT molecular complexity index is 980. The largest absolute Gasteiger partial charge is 0.493 e. The van der Waals surface area contributed by atoms with Crippen LogP contribution in [0.25, 0.3) is 33.7 Å². The first-order valence-electron chi connectivity index (χ1n) is 7.75. The number of hydrogen-bond acceptors (Lipinski definition) is 5. The molecule has 0 aliphatic rings. The third-order valence-corrected chi connectivity index (χ3v) is 4.00. The Morgan fingerprint density at radius 1 is 1.08 bits per heavy atom. The summed E-state index contributed by atoms with van der Waals surface area (Å²) in [5.74, 6) is 1.25. The van der Waals surface area contributed by atoms with Crippen molar-refractivity contribution >= 4 is 22.6 Å². The third-order valence-electron chi connectivity index (χ3n) is 4.00. The van der Waals surface area contributed by atoms with Crippen LogP contribution < -0.4 is 9.47 Å². The van der Waals surface area contributed by atoms with Crippen molar-refractivity contribution in [2.75, 3.05) is 14.2 Å². The smallest absolute Gasteiger partial charge is 0.162 e. The molecule has 0 saturated carbocycles. The number of rotatable bonds is 5. The van der Waals surface area contributed by atoms with Crippen molar-refractivity contribution in [1.82, 2.24) is 15.2 Å². The average molecular weight is 333 g/mol. The lowest BCUT2D eigenvalue weighted by atomic mass is 10.00. The number of pyridine rings is 1. The highest BCUT2D eigenvalue weighted by molar-refractivity contribution is 5.96. The van der Waals surface area contributed by atoms with Crippen LogP contribution in [-0.4, -0.2) is 29.4 Å². The minimum atomic E-state index is 0.615. The quantitative estimate of drug-likeness (QED) is 0.693. The van der Waals surface area contributed by atoms with E-state index in [9.17, 15) is 0 Å². The Balaban J connectivity index is 2.25. The van der Waals surface area contributed by atoms with E-state index in [2.05, 4.69) is 28.3 Å². The molecule has 0 unspecified atom stereocenters. The summed E-state index contributed by atoms with van der Waals surface area (Å²) in [4.78, 5) is 4.53. The molecule has 0 aliphatic carbocycles. The number of ether oxygens (including phenoxy) is 2. The van der Waals surface area contributed by atoms with Gasteiger partial charge in [0.25, 0.3) is 0 Å². The Kier molecular flexibility index (Phi) is 4.48. The van der Waals surface area contributed by atoms with Gasteiger partial charge >= 0.3 is 0 Å². The Hall–Kier alpha value is -3.21. The van der Waals surface area contributed by atoms with Crippen LogP contribution in [0.4, 0.5) is 0 Å². The predicted octanol–water partition coefficient (Wildman–Crippen LogP) is 4.39. The maximum atomic E-state index is 5.41. The minimum absolute atomic E-state index is 0.615. The van der Waals surface area contributed by atoms with E-state index >= 15 is 0 Å². The van der Waals surface area contributed by atoms with Gasteiger partial charge in [-0.25, -0.2) is 0 Å². The molecule has 5 heteroatoms. The first-order valence-corrected chi connectivity index (χ1v) is 7.75. The van der Waals surface area contributed by atoms with Crippen molar-refractivity contribution in [3.8, 4) is 22.6 Å². The van der Waals surface area contributed by atoms with Gasteiger partial charge in [0, 0.05) is 34.3 Å². The fourth-order valence-corrected chi connectivity index (χ4v) is 2.76. The summed E-state index contributed by atoms with van der Waals surface area (Å²) in [5.41, 5.74) is 5.21. The molecule has 0 radical (unpaired) electrons. The summed E-state index contributed by atoms with van der Waals surface area (Å²) in [5, 5.41) is 9.22. The first-order chi connectivity index (χ1) is 12.1. The predicted molar refractivity (Wildman–Crippen MR) is 101 cm³/mol. The second-order valence-electron chi connectivity index (χ2n) is 5.63. The summed E-state index contributed by atoms with van der Waals surface area (Å²) in [7, 11) is 3.20. The number of benzene rings is 1. The molecular formula is C20H19N3O2. The zero-order valence-corrected chi connectivity index (χ0v) is 14.5. The Morgan fingerprint density at radius 2 is 1.80 bits per heavy atom. The molecule has 0 aliphatic heterocycles. The van der Waals surface area contributed by atoms with Crippen LogP contribution in [0.1, 0.15) is 18.2 Å². The lowest BCUT2D eigenvalue weighted by Gasteiger charge is -2.12. The lowest BCUT2D eigenvalue weighted by Crippen LogP contribution is -1.96. The third kappa shape index (κ3) is 2.96. The molecule has 25 heavy (non-hydrogen) atoms. The molecule has 126 valence electrons. The summed E-state index contributed by atoms with van der Waals surface area (Å²) < 4.78 is 10.8. The molecule has 0 fully saturated rings. The molecular weight excluding hydrogens is 314 g/mol. The van der Waals surface area contributed by atoms with Crippen LogP contribution in [0, 0.1) is 0 Å². The van der Waals surface area contributed by atoms with Crippen LogP contribution in [0.5, 0.6) is 11.5 Å². The van der Waals surface area contributed by atoms with Gasteiger partial charge in [0.1, 0.15) is 0 Å². The van der Waals surface area contributed by atoms with Crippen molar-refractivity contribution in [3.05, 3.63) is 55.0 Å². The molecule has 3 aromatic rings. The van der Waals surface area contributed by atoms with Crippen molar-refractivity contribution < 1.29 is 9.47 Å². The molecule has 0 saturated heterocycles. The molecule has 0 atom stereocenters. The molecule has 0 amide bonds. The van der Waals surface area contributed by atoms with E-state index in [1.54, 1.807) is 26.5 Å². The summed E-state index contributed by atoms with van der Waals surface area (Å²) in [6.45, 7) is 9.77. The van der Waals surface area contributed by atoms with Crippen LogP contribution in [0.3, 0.4) is 0 Å². The van der Waals surface area contributed by atoms with Gasteiger partial charge in [-0.05, 0) is 24.6 Å². The lowest BCUT2D eigenvalue weighted by molar-refractivity contribution is 0.356. The highest BCUT2D eigenvalue weighted by Gasteiger charge is 2.13. The number of fused-ring (bicyclic) bond motifs is 1. The van der Waals surface area contributed by atoms with Gasteiger partial charge in [0.15, 0.2) is 11.5 Å². The molecule has 2 aromatic heterocycles. The van der Waals surface area contributed by atoms with Crippen molar-refractivity contribution in [1.29, 1.82) is 0 Å². The van der Waals surface area contributed by atoms with Crippen LogP contribution in [-0.2, 0) is 0 Å². The molecule has 3 rings (SSSR count). The van der Waals surface area contributed by atoms with Gasteiger partial charge in [-0.1, -0.05) is 19.2 Å². The Morgan fingerprint density at radius 3 is 2.44 bits per heavy atom. The van der Waals surface area contributed by atoms with E-state index in [4.69, 9.17) is 9.47 Å². The standard InChI is InChI=1S/C20H19N3O2/c1-6-13-7-14(10-21-20(13)12(2)3)16-11-22-23-17-9-19(25-5)18(24-4)8-15(16)17/h6-11H,1-2H2,3-5H3. The van der Waals surface area contributed by atoms with Gasteiger partial charge in [-0.3, -0.25) is 4.98 Å². The molecule has 0 N–H and O–H groups in total. The van der Waals surface area contributed by atoms with E-state index in [-0.39, 0.29) is 0 Å². The molecule has 2 heterocycles. The Labute approximate surface area is 146 Å². The second-order valence-corrected chi connectivity index (χ2v) is 5.63. The molecule has 5 nitrogen and oxygen atoms in total. The zero-order valence-electron chi connectivity index (χ0n) is 14.5. The monoisotopic (exact) mass is 333 g/mol. The SMILES string of the molecule is C=Cc1cc(-c2cnnc3cc(OC)c(OC)cc23)cnc1C(=C)C. The van der Waals surface area contributed by atoms with Gasteiger partial charge in [-0.15, -0.1) is 0 Å². The van der Waals surface area contributed by atoms with Crippen molar-refractivity contribution in [3.63, 3.8) is 0 Å². The van der Waals surface area contributed by atoms with Gasteiger partial charge in [0.2, 0.25) is 0 Å². The maximum Gasteiger partial charge on any atom is 0.162 e. The number of nitrogens with zero attached hydrogens (tertiary/aromatic N) is 3. The minimum Gasteiger partial charge on any atom is -0.493 e. The van der Waals surface area contributed by atoms with Gasteiger partial charge in [0.05, 0.1) is 31.6 Å². The first kappa shape index (κ1) is 16.6. The van der Waals surface area contributed by atoms with Crippen LogP contribution >= 0.6 is 0 Å². The highest BCUT2D eigenvalue weighted by atomic mass is 16.5. The number of methoxy groups -OCH3 is 2. The average Bonchev–Trinajstić information content (AvgIpc) is 2.65. The van der Waals surface area contributed by atoms with E-state index in [0.29, 0.717) is 11.5 Å². The summed E-state index contributed by atoms with van der Waals surface area (Å²) >= 11 is 0. The number of aromatic nitrogens is 3. The van der Waals surface area contributed by atoms with Crippen molar-refractivity contribution in [2.45, 2.75) is 6.92 Å². The van der Waals surface area contributed by atoms with E-state index in [1.807, 2.05) is 31.3 Å². The van der Waals surface area contributed by atoms with E-state index in [1.165, 1.54) is 0 Å². The summed E-state index contributed by atoms with van der Waals surface area (Å²) in [6.07, 6.45) is 5.31. The normalized spacial score (nSPS) is 10.5. The van der Waals surface area contributed by atoms with Gasteiger partial charge in [-0.2, -0.15) is 10.2 Å². The summed E-state index contributed by atoms with van der Waals surface area (Å²) in [6, 6.07) is 5.74. The second kappa shape index (κ2) is 6.73. The number of hydrogen-bond donors (Lipinski definition) is 0. The fraction of sp³-hybridized carbons (Fsp3) is 0.150. The van der Waals surface area contributed by atoms with E-state index in [0.717, 1.165) is 38.9 Å². The molecule has 0 bridgehead atoms. The number of allylic oxidation sites excluding steroid dienone is 1. The van der Waals surface area contributed by atoms with Crippen LogP contribution in [0.2, 0.25) is 0 Å². The zero-order chi connectivity index (χ0) is 18.0. The maximum absolute atomic E-state index is 5.41. The highest BCUT2D eigenvalue weighted by Crippen LogP contribution is 2.36. The molecule has 0 spiro atoms. The topological polar surface area (TPSA) is 57.1 Å².